The van der Waals surface area contributed by atoms with Crippen molar-refractivity contribution in [2.45, 2.75) is 16.6 Å². The van der Waals surface area contributed by atoms with Crippen molar-refractivity contribution in [1.29, 1.82) is 0 Å². The highest BCUT2D eigenvalue weighted by molar-refractivity contribution is 8.01. The molecule has 2 heterocycles. The number of hydrogen-bond donors (Lipinski definition) is 3. The first-order chi connectivity index (χ1) is 15.1. The van der Waals surface area contributed by atoms with Crippen molar-refractivity contribution in [3.63, 3.8) is 0 Å². The molecular weight excluding hydrogens is 432 g/mol. The molecule has 4 aromatic rings. The van der Waals surface area contributed by atoms with Crippen LogP contribution in [0.2, 0.25) is 5.02 Å². The van der Waals surface area contributed by atoms with E-state index in [1.54, 1.807) is 12.1 Å². The molecule has 0 spiro atoms. The number of nitrogens with zero attached hydrogens (tertiary/aromatic N) is 1. The largest absolute Gasteiger partial charge is 0.338 e. The van der Waals surface area contributed by atoms with Crippen molar-refractivity contribution < 1.29 is 9.59 Å². The predicted octanol–water partition coefficient (Wildman–Crippen LogP) is 5.32. The Labute approximate surface area is 187 Å². The molecule has 31 heavy (non-hydrogen) atoms. The number of carbonyl (C=O) groups is 2. The molecule has 1 aromatic heterocycles. The van der Waals surface area contributed by atoms with Gasteiger partial charge in [0.15, 0.2) is 0 Å². The van der Waals surface area contributed by atoms with Crippen LogP contribution in [0.15, 0.2) is 71.6 Å². The summed E-state index contributed by atoms with van der Waals surface area (Å²) in [6, 6.07) is 20.6. The lowest BCUT2D eigenvalue weighted by Crippen LogP contribution is -2.32. The van der Waals surface area contributed by atoms with Gasteiger partial charge in [-0.1, -0.05) is 35.9 Å². The minimum Gasteiger partial charge on any atom is -0.338 e. The Balaban J connectivity index is 1.34. The highest BCUT2D eigenvalue weighted by Gasteiger charge is 2.29. The van der Waals surface area contributed by atoms with Gasteiger partial charge in [-0.15, -0.1) is 11.8 Å². The number of nitrogens with one attached hydrogen (secondary N) is 3. The van der Waals surface area contributed by atoms with Crippen LogP contribution in [0.1, 0.15) is 6.42 Å². The molecule has 6 nitrogen and oxygen atoms in total. The van der Waals surface area contributed by atoms with Crippen LogP contribution in [-0.4, -0.2) is 27.0 Å². The van der Waals surface area contributed by atoms with Gasteiger partial charge in [-0.25, -0.2) is 4.98 Å². The summed E-state index contributed by atoms with van der Waals surface area (Å²) in [5.74, 6) is 0.224. The van der Waals surface area contributed by atoms with Gasteiger partial charge in [0.25, 0.3) is 0 Å². The summed E-state index contributed by atoms with van der Waals surface area (Å²) in [4.78, 5) is 34.1. The third kappa shape index (κ3) is 4.02. The molecule has 1 unspecified atom stereocenters. The first-order valence-electron chi connectivity index (χ1n) is 9.68. The van der Waals surface area contributed by atoms with Crippen molar-refractivity contribution in [3.8, 4) is 11.4 Å². The smallest absolute Gasteiger partial charge is 0.238 e. The number of halogens is 1. The fraction of sp³-hybridized carbons (Fsp3) is 0.0870. The minimum absolute atomic E-state index is 0.0486. The van der Waals surface area contributed by atoms with Crippen molar-refractivity contribution >= 4 is 57.6 Å². The number of anilines is 2. The van der Waals surface area contributed by atoms with Crippen LogP contribution in [-0.2, 0) is 9.59 Å². The number of hydrogen-bond acceptors (Lipinski definition) is 4. The van der Waals surface area contributed by atoms with E-state index < -0.39 is 5.25 Å². The number of imidazole rings is 1. The Hall–Kier alpha value is -3.29. The van der Waals surface area contributed by atoms with E-state index in [0.29, 0.717) is 22.2 Å². The number of para-hydroxylation sites is 3. The average Bonchev–Trinajstić information content (AvgIpc) is 3.19. The van der Waals surface area contributed by atoms with Gasteiger partial charge in [0.2, 0.25) is 11.8 Å². The first kappa shape index (κ1) is 19.7. The summed E-state index contributed by atoms with van der Waals surface area (Å²) in [6.07, 6.45) is 0.0486. The molecule has 1 aliphatic heterocycles. The minimum atomic E-state index is -0.521. The fourth-order valence-electron chi connectivity index (χ4n) is 3.51. The molecule has 1 atom stereocenters. The lowest BCUT2D eigenvalue weighted by atomic mass is 10.1. The fourth-order valence-corrected chi connectivity index (χ4v) is 4.77. The second kappa shape index (κ2) is 8.09. The van der Waals surface area contributed by atoms with E-state index in [-0.39, 0.29) is 18.2 Å². The Bertz CT molecular complexity index is 1290. The predicted molar refractivity (Wildman–Crippen MR) is 125 cm³/mol. The van der Waals surface area contributed by atoms with E-state index in [1.165, 1.54) is 11.8 Å². The van der Waals surface area contributed by atoms with Crippen LogP contribution in [0.25, 0.3) is 22.4 Å². The van der Waals surface area contributed by atoms with Crippen molar-refractivity contribution in [2.75, 3.05) is 10.6 Å². The normalized spacial score (nSPS) is 15.4. The first-order valence-corrected chi connectivity index (χ1v) is 10.9. The Morgan fingerprint density at radius 3 is 2.77 bits per heavy atom. The molecule has 154 valence electrons. The van der Waals surface area contributed by atoms with Gasteiger partial charge in [0.1, 0.15) is 5.82 Å². The van der Waals surface area contributed by atoms with Gasteiger partial charge in [-0.05, 0) is 42.5 Å². The van der Waals surface area contributed by atoms with E-state index in [1.807, 2.05) is 54.6 Å². The van der Waals surface area contributed by atoms with E-state index >= 15 is 0 Å². The number of rotatable bonds is 4. The topological polar surface area (TPSA) is 86.9 Å². The van der Waals surface area contributed by atoms with Gasteiger partial charge in [0, 0.05) is 21.9 Å². The number of amides is 2. The number of fused-ring (bicyclic) bond motifs is 2. The van der Waals surface area contributed by atoms with Crippen molar-refractivity contribution in [2.24, 2.45) is 0 Å². The summed E-state index contributed by atoms with van der Waals surface area (Å²) in [5, 5.41) is 5.81. The molecule has 0 bridgehead atoms. The van der Waals surface area contributed by atoms with Crippen molar-refractivity contribution in [1.82, 2.24) is 9.97 Å². The summed E-state index contributed by atoms with van der Waals surface area (Å²) >= 11 is 7.36. The molecule has 1 aliphatic rings. The van der Waals surface area contributed by atoms with Gasteiger partial charge >= 0.3 is 0 Å². The highest BCUT2D eigenvalue weighted by atomic mass is 35.5. The second-order valence-electron chi connectivity index (χ2n) is 7.14. The molecule has 0 radical (unpaired) electrons. The molecule has 2 amide bonds. The Kier molecular flexibility index (Phi) is 5.13. The monoisotopic (exact) mass is 448 g/mol. The zero-order valence-electron chi connectivity index (χ0n) is 16.2. The van der Waals surface area contributed by atoms with Crippen LogP contribution in [0, 0.1) is 0 Å². The Morgan fingerprint density at radius 2 is 1.90 bits per heavy atom. The van der Waals surface area contributed by atoms with Gasteiger partial charge < -0.3 is 15.6 Å². The molecule has 0 aliphatic carbocycles. The quantitative estimate of drug-likeness (QED) is 0.394. The number of aromatic amines is 1. The maximum atomic E-state index is 12.8. The molecule has 0 saturated carbocycles. The van der Waals surface area contributed by atoms with Crippen molar-refractivity contribution in [3.05, 3.63) is 71.8 Å². The van der Waals surface area contributed by atoms with Gasteiger partial charge in [-0.3, -0.25) is 9.59 Å². The van der Waals surface area contributed by atoms with Gasteiger partial charge in [0.05, 0.1) is 27.7 Å². The molecule has 5 rings (SSSR count). The van der Waals surface area contributed by atoms with E-state index in [2.05, 4.69) is 20.6 Å². The molecule has 8 heteroatoms. The van der Waals surface area contributed by atoms with Crippen LogP contribution < -0.4 is 10.6 Å². The molecule has 0 fully saturated rings. The summed E-state index contributed by atoms with van der Waals surface area (Å²) < 4.78 is 0. The number of benzene rings is 3. The summed E-state index contributed by atoms with van der Waals surface area (Å²) in [5.41, 5.74) is 3.88. The molecular formula is C23H17ClN4O2S. The van der Waals surface area contributed by atoms with Crippen LogP contribution in [0.4, 0.5) is 11.4 Å². The van der Waals surface area contributed by atoms with E-state index in [9.17, 15) is 9.59 Å². The zero-order valence-corrected chi connectivity index (χ0v) is 17.8. The van der Waals surface area contributed by atoms with E-state index in [0.717, 1.165) is 21.5 Å². The number of H-pyrrole nitrogens is 1. The van der Waals surface area contributed by atoms with Crippen LogP contribution >= 0.6 is 23.4 Å². The SMILES string of the molecule is O=C(CC1Sc2ccc(Cl)cc2NC1=O)Nc1ccccc1-c1nc2ccccc2[nH]1. The highest BCUT2D eigenvalue weighted by Crippen LogP contribution is 2.38. The average molecular weight is 449 g/mol. The van der Waals surface area contributed by atoms with Crippen LogP contribution in [0.5, 0.6) is 0 Å². The summed E-state index contributed by atoms with van der Waals surface area (Å²) in [6.45, 7) is 0. The third-order valence-electron chi connectivity index (χ3n) is 4.98. The third-order valence-corrected chi connectivity index (χ3v) is 6.49. The number of thioether (sulfide) groups is 1. The lowest BCUT2D eigenvalue weighted by molar-refractivity contribution is -0.120. The lowest BCUT2D eigenvalue weighted by Gasteiger charge is -2.24. The molecule has 0 saturated heterocycles. The van der Waals surface area contributed by atoms with E-state index in [4.69, 9.17) is 11.6 Å². The Morgan fingerprint density at radius 1 is 1.10 bits per heavy atom. The zero-order chi connectivity index (χ0) is 21.4. The summed E-state index contributed by atoms with van der Waals surface area (Å²) in [7, 11) is 0. The second-order valence-corrected chi connectivity index (χ2v) is 8.82. The maximum absolute atomic E-state index is 12.8. The maximum Gasteiger partial charge on any atom is 0.238 e. The standard InChI is InChI=1S/C23H17ClN4O2S/c24-13-9-10-19-18(11-13)28-23(30)20(31-19)12-21(29)25-15-6-2-1-5-14(15)22-26-16-7-3-4-8-17(16)27-22/h1-11,20H,12H2,(H,25,29)(H,26,27)(H,28,30). The number of carbonyl (C=O) groups excluding carboxylic acids is 2. The molecule has 3 aromatic carbocycles. The van der Waals surface area contributed by atoms with Gasteiger partial charge in [-0.2, -0.15) is 0 Å². The van der Waals surface area contributed by atoms with Crippen LogP contribution in [0.3, 0.4) is 0 Å². The number of aromatic nitrogens is 2. The molecule has 3 N–H and O–H groups in total.